The Morgan fingerprint density at radius 2 is 2.25 bits per heavy atom. The lowest BCUT2D eigenvalue weighted by atomic mass is 9.93. The molecule has 16 heavy (non-hydrogen) atoms. The third kappa shape index (κ3) is 2.31. The molecule has 0 aromatic carbocycles. The first kappa shape index (κ1) is 11.3. The zero-order valence-corrected chi connectivity index (χ0v) is 9.78. The third-order valence-corrected chi connectivity index (χ3v) is 3.72. The van der Waals surface area contributed by atoms with Gasteiger partial charge in [-0.05, 0) is 24.7 Å². The molecule has 3 unspecified atom stereocenters. The van der Waals surface area contributed by atoms with E-state index in [1.165, 1.54) is 25.2 Å². The van der Waals surface area contributed by atoms with Gasteiger partial charge in [0.1, 0.15) is 12.1 Å². The van der Waals surface area contributed by atoms with Gasteiger partial charge in [-0.15, -0.1) is 0 Å². The Morgan fingerprint density at radius 1 is 1.44 bits per heavy atom. The zero-order chi connectivity index (χ0) is 11.5. The van der Waals surface area contributed by atoms with Crippen molar-refractivity contribution in [2.24, 2.45) is 11.8 Å². The van der Waals surface area contributed by atoms with Crippen molar-refractivity contribution in [3.63, 3.8) is 0 Å². The summed E-state index contributed by atoms with van der Waals surface area (Å²) in [6.45, 7) is 4.49. The molecule has 0 amide bonds. The van der Waals surface area contributed by atoms with Crippen LogP contribution in [0, 0.1) is 17.8 Å². The van der Waals surface area contributed by atoms with E-state index in [4.69, 9.17) is 0 Å². The van der Waals surface area contributed by atoms with Crippen LogP contribution in [-0.2, 0) is 0 Å². The maximum Gasteiger partial charge on any atom is 0.217 e. The molecule has 88 valence electrons. The second-order valence-corrected chi connectivity index (χ2v) is 4.58. The minimum absolute atomic E-state index is 0.416. The molecule has 1 saturated carbocycles. The van der Waals surface area contributed by atoms with Gasteiger partial charge in [-0.2, -0.15) is 4.39 Å². The molecule has 1 heterocycles. The van der Waals surface area contributed by atoms with Crippen molar-refractivity contribution in [2.75, 3.05) is 5.32 Å². The quantitative estimate of drug-likeness (QED) is 0.801. The van der Waals surface area contributed by atoms with Gasteiger partial charge < -0.3 is 5.32 Å². The van der Waals surface area contributed by atoms with Crippen LogP contribution in [0.5, 0.6) is 0 Å². The summed E-state index contributed by atoms with van der Waals surface area (Å²) in [6, 6.07) is 1.77. The van der Waals surface area contributed by atoms with Crippen molar-refractivity contribution in [1.82, 2.24) is 9.97 Å². The van der Waals surface area contributed by atoms with E-state index in [1.807, 2.05) is 0 Å². The third-order valence-electron chi connectivity index (χ3n) is 3.72. The molecule has 0 saturated heterocycles. The van der Waals surface area contributed by atoms with Gasteiger partial charge in [-0.25, -0.2) is 9.97 Å². The van der Waals surface area contributed by atoms with Crippen molar-refractivity contribution in [2.45, 2.75) is 39.2 Å². The SMILES string of the molecule is CCC1CCC(Nc2cc(F)ncn2)C1C. The molecule has 2 rings (SSSR count). The molecule has 0 radical (unpaired) electrons. The second kappa shape index (κ2) is 4.76. The van der Waals surface area contributed by atoms with Gasteiger partial charge in [-0.1, -0.05) is 20.3 Å². The van der Waals surface area contributed by atoms with E-state index in [-0.39, 0.29) is 0 Å². The van der Waals surface area contributed by atoms with Gasteiger partial charge in [0.2, 0.25) is 5.95 Å². The van der Waals surface area contributed by atoms with E-state index in [1.54, 1.807) is 0 Å². The number of aromatic nitrogens is 2. The lowest BCUT2D eigenvalue weighted by Gasteiger charge is -2.21. The number of hydrogen-bond acceptors (Lipinski definition) is 3. The molecule has 4 heteroatoms. The summed E-state index contributed by atoms with van der Waals surface area (Å²) in [7, 11) is 0. The first-order valence-electron chi connectivity index (χ1n) is 5.94. The van der Waals surface area contributed by atoms with E-state index in [9.17, 15) is 4.39 Å². The normalized spacial score (nSPS) is 29.3. The topological polar surface area (TPSA) is 37.8 Å². The number of halogens is 1. The van der Waals surface area contributed by atoms with Crippen LogP contribution in [0.3, 0.4) is 0 Å². The molecule has 0 spiro atoms. The van der Waals surface area contributed by atoms with Gasteiger partial charge >= 0.3 is 0 Å². The summed E-state index contributed by atoms with van der Waals surface area (Å²) in [5.41, 5.74) is 0. The fourth-order valence-electron chi connectivity index (χ4n) is 2.63. The summed E-state index contributed by atoms with van der Waals surface area (Å²) < 4.78 is 12.9. The van der Waals surface area contributed by atoms with E-state index in [0.717, 1.165) is 12.3 Å². The maximum atomic E-state index is 12.9. The molecule has 1 aromatic rings. The highest BCUT2D eigenvalue weighted by Gasteiger charge is 2.31. The Labute approximate surface area is 95.5 Å². The van der Waals surface area contributed by atoms with Crippen LogP contribution in [0.1, 0.15) is 33.1 Å². The number of hydrogen-bond donors (Lipinski definition) is 1. The average Bonchev–Trinajstić information content (AvgIpc) is 2.60. The van der Waals surface area contributed by atoms with Crippen LogP contribution in [0.15, 0.2) is 12.4 Å². The summed E-state index contributed by atoms with van der Waals surface area (Å²) >= 11 is 0. The zero-order valence-electron chi connectivity index (χ0n) is 9.78. The lowest BCUT2D eigenvalue weighted by molar-refractivity contribution is 0.391. The molecule has 3 nitrogen and oxygen atoms in total. The number of rotatable bonds is 3. The van der Waals surface area contributed by atoms with Crippen molar-refractivity contribution in [3.05, 3.63) is 18.3 Å². The smallest absolute Gasteiger partial charge is 0.217 e. The summed E-state index contributed by atoms with van der Waals surface area (Å²) in [5.74, 6) is 1.53. The van der Waals surface area contributed by atoms with Gasteiger partial charge in [0, 0.05) is 12.1 Å². The Balaban J connectivity index is 2.00. The first-order chi connectivity index (χ1) is 7.70. The van der Waals surface area contributed by atoms with Crippen LogP contribution in [0.25, 0.3) is 0 Å². The fraction of sp³-hybridized carbons (Fsp3) is 0.667. The highest BCUT2D eigenvalue weighted by Crippen LogP contribution is 2.35. The minimum atomic E-state index is -0.477. The Morgan fingerprint density at radius 3 is 2.88 bits per heavy atom. The van der Waals surface area contributed by atoms with Gasteiger partial charge in [0.15, 0.2) is 0 Å². The highest BCUT2D eigenvalue weighted by molar-refractivity contribution is 5.34. The van der Waals surface area contributed by atoms with Crippen molar-refractivity contribution >= 4 is 5.82 Å². The largest absolute Gasteiger partial charge is 0.367 e. The maximum absolute atomic E-state index is 12.9. The van der Waals surface area contributed by atoms with Crippen LogP contribution >= 0.6 is 0 Å². The standard InChI is InChI=1S/C12H18FN3/c1-3-9-4-5-10(8(9)2)16-12-6-11(13)14-7-15-12/h6-10H,3-5H2,1-2H3,(H,14,15,16). The molecule has 1 aliphatic carbocycles. The number of nitrogens with one attached hydrogen (secondary N) is 1. The van der Waals surface area contributed by atoms with Crippen LogP contribution in [-0.4, -0.2) is 16.0 Å². The van der Waals surface area contributed by atoms with Crippen molar-refractivity contribution < 1.29 is 4.39 Å². The van der Waals surface area contributed by atoms with E-state index < -0.39 is 5.95 Å². The summed E-state index contributed by atoms with van der Waals surface area (Å²) in [5, 5.41) is 3.30. The first-order valence-corrected chi connectivity index (χ1v) is 5.94. The van der Waals surface area contributed by atoms with Gasteiger partial charge in [-0.3, -0.25) is 0 Å². The van der Waals surface area contributed by atoms with E-state index >= 15 is 0 Å². The van der Waals surface area contributed by atoms with Gasteiger partial charge in [0.05, 0.1) is 0 Å². The predicted molar refractivity (Wildman–Crippen MR) is 61.6 cm³/mol. The van der Waals surface area contributed by atoms with Crippen molar-refractivity contribution in [1.29, 1.82) is 0 Å². The highest BCUT2D eigenvalue weighted by atomic mass is 19.1. The van der Waals surface area contributed by atoms with Gasteiger partial charge in [0.25, 0.3) is 0 Å². The molecule has 1 aromatic heterocycles. The Kier molecular flexibility index (Phi) is 3.36. The Bertz CT molecular complexity index is 356. The molecule has 1 N–H and O–H groups in total. The van der Waals surface area contributed by atoms with E-state index in [2.05, 4.69) is 29.1 Å². The molecule has 3 atom stereocenters. The number of anilines is 1. The van der Waals surface area contributed by atoms with Crippen LogP contribution < -0.4 is 5.32 Å². The van der Waals surface area contributed by atoms with Crippen LogP contribution in [0.2, 0.25) is 0 Å². The summed E-state index contributed by atoms with van der Waals surface area (Å²) in [6.07, 6.45) is 4.88. The minimum Gasteiger partial charge on any atom is -0.367 e. The molecule has 0 aliphatic heterocycles. The molecular formula is C12H18FN3. The second-order valence-electron chi connectivity index (χ2n) is 4.58. The lowest BCUT2D eigenvalue weighted by Crippen LogP contribution is -2.25. The molecular weight excluding hydrogens is 205 g/mol. The average molecular weight is 223 g/mol. The number of nitrogens with zero attached hydrogens (tertiary/aromatic N) is 2. The van der Waals surface area contributed by atoms with E-state index in [0.29, 0.717) is 17.8 Å². The molecule has 0 bridgehead atoms. The predicted octanol–water partition coefficient (Wildman–Crippen LogP) is 2.85. The van der Waals surface area contributed by atoms with Crippen LogP contribution in [0.4, 0.5) is 10.2 Å². The monoisotopic (exact) mass is 223 g/mol. The Hall–Kier alpha value is -1.19. The summed E-state index contributed by atoms with van der Waals surface area (Å²) in [4.78, 5) is 7.47. The van der Waals surface area contributed by atoms with Crippen molar-refractivity contribution in [3.8, 4) is 0 Å². The fourth-order valence-corrected chi connectivity index (χ4v) is 2.63. The molecule has 1 aliphatic rings. The molecule has 1 fully saturated rings.